The Bertz CT molecular complexity index is 1010. The number of rotatable bonds is 8. The first-order valence-electron chi connectivity index (χ1n) is 9.43. The van der Waals surface area contributed by atoms with Crippen molar-refractivity contribution in [2.45, 2.75) is 13.5 Å². The lowest BCUT2D eigenvalue weighted by molar-refractivity contribution is 0.0955. The van der Waals surface area contributed by atoms with Gasteiger partial charge in [0.05, 0.1) is 20.4 Å². The molecule has 0 aliphatic rings. The molecule has 0 heterocycles. The van der Waals surface area contributed by atoms with Gasteiger partial charge in [-0.2, -0.15) is 5.10 Å². The number of aryl methyl sites for hydroxylation is 1. The molecule has 0 aliphatic heterocycles. The Morgan fingerprint density at radius 1 is 0.933 bits per heavy atom. The van der Waals surface area contributed by atoms with E-state index in [1.165, 1.54) is 5.56 Å². The average molecular weight is 404 g/mol. The summed E-state index contributed by atoms with van der Waals surface area (Å²) in [5.74, 6) is 1.61. The SMILES string of the molecule is COc1ccc(C=NNC(=O)c2ccc(OCc3ccc(C)cc3)cc2)cc1OC. The summed E-state index contributed by atoms with van der Waals surface area (Å²) in [5.41, 5.74) is 6.07. The van der Waals surface area contributed by atoms with Crippen molar-refractivity contribution in [3.8, 4) is 17.2 Å². The van der Waals surface area contributed by atoms with Gasteiger partial charge >= 0.3 is 0 Å². The van der Waals surface area contributed by atoms with E-state index >= 15 is 0 Å². The normalized spacial score (nSPS) is 10.6. The molecule has 30 heavy (non-hydrogen) atoms. The Labute approximate surface area is 176 Å². The lowest BCUT2D eigenvalue weighted by Crippen LogP contribution is -2.17. The summed E-state index contributed by atoms with van der Waals surface area (Å²) >= 11 is 0. The van der Waals surface area contributed by atoms with Crippen LogP contribution in [0.1, 0.15) is 27.0 Å². The van der Waals surface area contributed by atoms with Gasteiger partial charge in [0.1, 0.15) is 12.4 Å². The summed E-state index contributed by atoms with van der Waals surface area (Å²) in [5, 5.41) is 4.00. The molecule has 0 saturated heterocycles. The number of ether oxygens (including phenoxy) is 3. The maximum atomic E-state index is 12.3. The van der Waals surface area contributed by atoms with Crippen LogP contribution in [-0.4, -0.2) is 26.3 Å². The largest absolute Gasteiger partial charge is 0.493 e. The molecule has 0 spiro atoms. The second-order valence-electron chi connectivity index (χ2n) is 6.61. The summed E-state index contributed by atoms with van der Waals surface area (Å²) in [6.45, 7) is 2.52. The molecular weight excluding hydrogens is 380 g/mol. The Morgan fingerprint density at radius 3 is 2.30 bits per heavy atom. The fraction of sp³-hybridized carbons (Fsp3) is 0.167. The Balaban J connectivity index is 1.54. The molecule has 0 aromatic heterocycles. The van der Waals surface area contributed by atoms with E-state index in [-0.39, 0.29) is 5.91 Å². The molecule has 0 fully saturated rings. The molecule has 0 radical (unpaired) electrons. The predicted octanol–water partition coefficient (Wildman–Crippen LogP) is 4.36. The van der Waals surface area contributed by atoms with Crippen LogP contribution in [0.25, 0.3) is 0 Å². The van der Waals surface area contributed by atoms with Gasteiger partial charge < -0.3 is 14.2 Å². The van der Waals surface area contributed by atoms with Crippen molar-refractivity contribution in [2.75, 3.05) is 14.2 Å². The first-order chi connectivity index (χ1) is 14.6. The third kappa shape index (κ3) is 5.61. The third-order valence-corrected chi connectivity index (χ3v) is 4.43. The molecule has 0 unspecified atom stereocenters. The molecule has 3 rings (SSSR count). The molecule has 154 valence electrons. The summed E-state index contributed by atoms with van der Waals surface area (Å²) < 4.78 is 16.2. The predicted molar refractivity (Wildman–Crippen MR) is 117 cm³/mol. The van der Waals surface area contributed by atoms with Crippen LogP contribution in [-0.2, 0) is 6.61 Å². The van der Waals surface area contributed by atoms with Crippen molar-refractivity contribution < 1.29 is 19.0 Å². The van der Waals surface area contributed by atoms with E-state index in [0.29, 0.717) is 29.4 Å². The summed E-state index contributed by atoms with van der Waals surface area (Å²) in [7, 11) is 3.14. The zero-order chi connectivity index (χ0) is 21.3. The van der Waals surface area contributed by atoms with Crippen molar-refractivity contribution in [3.63, 3.8) is 0 Å². The van der Waals surface area contributed by atoms with Crippen LogP contribution in [0.15, 0.2) is 71.8 Å². The molecule has 3 aromatic rings. The van der Waals surface area contributed by atoms with E-state index < -0.39 is 0 Å². The molecule has 1 amide bonds. The molecule has 0 saturated carbocycles. The van der Waals surface area contributed by atoms with Crippen molar-refractivity contribution >= 4 is 12.1 Å². The van der Waals surface area contributed by atoms with Crippen LogP contribution in [0.5, 0.6) is 17.2 Å². The highest BCUT2D eigenvalue weighted by Crippen LogP contribution is 2.26. The van der Waals surface area contributed by atoms with Crippen LogP contribution in [0.2, 0.25) is 0 Å². The number of benzene rings is 3. The quantitative estimate of drug-likeness (QED) is 0.448. The second-order valence-corrected chi connectivity index (χ2v) is 6.61. The summed E-state index contributed by atoms with van der Waals surface area (Å²) in [6.07, 6.45) is 1.54. The summed E-state index contributed by atoms with van der Waals surface area (Å²) in [6, 6.07) is 20.5. The van der Waals surface area contributed by atoms with E-state index in [0.717, 1.165) is 11.1 Å². The van der Waals surface area contributed by atoms with Crippen LogP contribution in [0.4, 0.5) is 0 Å². The third-order valence-electron chi connectivity index (χ3n) is 4.43. The minimum Gasteiger partial charge on any atom is -0.493 e. The van der Waals surface area contributed by atoms with E-state index in [4.69, 9.17) is 14.2 Å². The zero-order valence-electron chi connectivity index (χ0n) is 17.2. The minimum atomic E-state index is -0.309. The Morgan fingerprint density at radius 2 is 1.63 bits per heavy atom. The van der Waals surface area contributed by atoms with Gasteiger partial charge in [0.2, 0.25) is 0 Å². The fourth-order valence-corrected chi connectivity index (χ4v) is 2.72. The topological polar surface area (TPSA) is 69.2 Å². The monoisotopic (exact) mass is 404 g/mol. The number of carbonyl (C=O) groups excluding carboxylic acids is 1. The number of nitrogens with one attached hydrogen (secondary N) is 1. The van der Waals surface area contributed by atoms with E-state index in [1.54, 1.807) is 56.8 Å². The second kappa shape index (κ2) is 10.1. The number of amides is 1. The number of nitrogens with zero attached hydrogens (tertiary/aromatic N) is 1. The number of hydrogen-bond acceptors (Lipinski definition) is 5. The maximum absolute atomic E-state index is 12.3. The number of hydrogen-bond donors (Lipinski definition) is 1. The van der Waals surface area contributed by atoms with Crippen molar-refractivity contribution in [3.05, 3.63) is 89.0 Å². The van der Waals surface area contributed by atoms with Crippen LogP contribution in [0.3, 0.4) is 0 Å². The first-order valence-corrected chi connectivity index (χ1v) is 9.43. The smallest absolute Gasteiger partial charge is 0.271 e. The fourth-order valence-electron chi connectivity index (χ4n) is 2.72. The van der Waals surface area contributed by atoms with Gasteiger partial charge in [-0.25, -0.2) is 5.43 Å². The highest BCUT2D eigenvalue weighted by atomic mass is 16.5. The molecule has 1 N–H and O–H groups in total. The molecule has 0 aliphatic carbocycles. The van der Waals surface area contributed by atoms with Gasteiger partial charge in [0, 0.05) is 5.56 Å². The lowest BCUT2D eigenvalue weighted by atomic mass is 10.2. The van der Waals surface area contributed by atoms with Gasteiger partial charge in [0.25, 0.3) is 5.91 Å². The molecule has 3 aromatic carbocycles. The van der Waals surface area contributed by atoms with Gasteiger partial charge in [-0.15, -0.1) is 0 Å². The van der Waals surface area contributed by atoms with Gasteiger partial charge in [0.15, 0.2) is 11.5 Å². The molecule has 6 heteroatoms. The number of carbonyl (C=O) groups is 1. The van der Waals surface area contributed by atoms with E-state index in [1.807, 2.05) is 25.1 Å². The van der Waals surface area contributed by atoms with E-state index in [9.17, 15) is 4.79 Å². The first kappa shape index (κ1) is 20.9. The van der Waals surface area contributed by atoms with Crippen molar-refractivity contribution in [1.82, 2.24) is 5.43 Å². The Kier molecular flexibility index (Phi) is 7.05. The van der Waals surface area contributed by atoms with Crippen molar-refractivity contribution in [2.24, 2.45) is 5.10 Å². The van der Waals surface area contributed by atoms with Gasteiger partial charge in [-0.3, -0.25) is 4.79 Å². The van der Waals surface area contributed by atoms with Gasteiger partial charge in [-0.1, -0.05) is 29.8 Å². The van der Waals surface area contributed by atoms with E-state index in [2.05, 4.69) is 22.7 Å². The molecular formula is C24H24N2O4. The molecule has 0 bridgehead atoms. The molecule has 6 nitrogen and oxygen atoms in total. The molecule has 0 atom stereocenters. The maximum Gasteiger partial charge on any atom is 0.271 e. The van der Waals surface area contributed by atoms with Crippen LogP contribution < -0.4 is 19.6 Å². The summed E-state index contributed by atoms with van der Waals surface area (Å²) in [4.78, 5) is 12.3. The minimum absolute atomic E-state index is 0.309. The van der Waals surface area contributed by atoms with Crippen molar-refractivity contribution in [1.29, 1.82) is 0 Å². The standard InChI is InChI=1S/C24H24N2O4/c1-17-4-6-18(7-5-17)16-30-21-11-9-20(10-12-21)24(27)26-25-15-19-8-13-22(28-2)23(14-19)29-3/h4-15H,16H2,1-3H3,(H,26,27). The zero-order valence-corrected chi connectivity index (χ0v) is 17.2. The van der Waals surface area contributed by atoms with Gasteiger partial charge in [-0.05, 0) is 60.5 Å². The van der Waals surface area contributed by atoms with Crippen LogP contribution in [0, 0.1) is 6.92 Å². The lowest BCUT2D eigenvalue weighted by Gasteiger charge is -2.08. The Hall–Kier alpha value is -3.80. The number of hydrazone groups is 1. The number of methoxy groups -OCH3 is 2. The average Bonchev–Trinajstić information content (AvgIpc) is 2.78. The highest BCUT2D eigenvalue weighted by Gasteiger charge is 2.06. The highest BCUT2D eigenvalue weighted by molar-refractivity contribution is 5.95. The van der Waals surface area contributed by atoms with Crippen LogP contribution >= 0.6 is 0 Å².